The fourth-order valence-electron chi connectivity index (χ4n) is 0.787. The van der Waals surface area contributed by atoms with E-state index in [0.29, 0.717) is 5.96 Å². The smallest absolute Gasteiger partial charge is 0.192 e. The van der Waals surface area contributed by atoms with Crippen molar-refractivity contribution >= 4 is 50.2 Å². The van der Waals surface area contributed by atoms with E-state index in [2.05, 4.69) is 48.8 Å². The van der Waals surface area contributed by atoms with Gasteiger partial charge in [-0.3, -0.25) is 4.99 Å². The Labute approximate surface area is 99.1 Å². The number of nitrogens with two attached hydrogens (primary N) is 1. The van der Waals surface area contributed by atoms with Crippen molar-refractivity contribution in [3.63, 3.8) is 0 Å². The molecule has 0 aliphatic rings. The molecule has 0 amide bonds. The van der Waals surface area contributed by atoms with E-state index >= 15 is 0 Å². The van der Waals surface area contributed by atoms with Gasteiger partial charge in [-0.25, -0.2) is 0 Å². The molecule has 0 unspecified atom stereocenters. The van der Waals surface area contributed by atoms with Gasteiger partial charge in [-0.15, -0.1) is 0 Å². The summed E-state index contributed by atoms with van der Waals surface area (Å²) in [6.07, 6.45) is 0. The Hall–Kier alpha value is -0.300. The first kappa shape index (κ1) is 10.8. The Bertz CT molecular complexity index is 338. The summed E-state index contributed by atoms with van der Waals surface area (Å²) >= 11 is 5.65. The Morgan fingerprint density at radius 1 is 1.62 bits per heavy atom. The van der Waals surface area contributed by atoms with Crippen LogP contribution in [-0.2, 0) is 0 Å². The summed E-state index contributed by atoms with van der Waals surface area (Å²) in [4.78, 5) is 3.81. The molecule has 0 bridgehead atoms. The van der Waals surface area contributed by atoms with E-state index in [-0.39, 0.29) is 0 Å². The minimum absolute atomic E-state index is 0.405. The van der Waals surface area contributed by atoms with Crippen molar-refractivity contribution in [2.24, 2.45) is 10.7 Å². The molecule has 0 saturated carbocycles. The van der Waals surface area contributed by atoms with Crippen LogP contribution in [0.15, 0.2) is 27.7 Å². The summed E-state index contributed by atoms with van der Waals surface area (Å²) < 4.78 is 2.12. The molecule has 0 fully saturated rings. The Morgan fingerprint density at radius 2 is 2.31 bits per heavy atom. The van der Waals surface area contributed by atoms with E-state index in [1.165, 1.54) is 0 Å². The highest BCUT2D eigenvalue weighted by atomic mass is 127. The fourth-order valence-corrected chi connectivity index (χ4v) is 1.62. The van der Waals surface area contributed by atoms with Crippen molar-refractivity contribution in [2.45, 2.75) is 0 Å². The van der Waals surface area contributed by atoms with Crippen molar-refractivity contribution in [3.05, 3.63) is 26.2 Å². The zero-order chi connectivity index (χ0) is 9.84. The number of nitrogens with one attached hydrogen (secondary N) is 1. The average Bonchev–Trinajstić information content (AvgIpc) is 2.11. The predicted molar refractivity (Wildman–Crippen MR) is 68.0 cm³/mol. The maximum Gasteiger partial charge on any atom is 0.192 e. The molecule has 0 radical (unpaired) electrons. The summed E-state index contributed by atoms with van der Waals surface area (Å²) in [5.41, 5.74) is 6.47. The molecule has 3 nitrogen and oxygen atoms in total. The molecule has 0 saturated heterocycles. The number of benzene rings is 1. The summed E-state index contributed by atoms with van der Waals surface area (Å²) in [6.45, 7) is 0. The maximum absolute atomic E-state index is 5.54. The molecular weight excluding hydrogens is 345 g/mol. The molecule has 70 valence electrons. The van der Waals surface area contributed by atoms with Crippen molar-refractivity contribution < 1.29 is 0 Å². The molecule has 13 heavy (non-hydrogen) atoms. The van der Waals surface area contributed by atoms with Gasteiger partial charge in [0.05, 0.1) is 5.69 Å². The third kappa shape index (κ3) is 3.15. The number of hydrogen-bond donors (Lipinski definition) is 2. The topological polar surface area (TPSA) is 50.4 Å². The lowest BCUT2D eigenvalue weighted by molar-refractivity contribution is 1.37. The van der Waals surface area contributed by atoms with Gasteiger partial charge in [0.25, 0.3) is 0 Å². The molecule has 1 rings (SSSR count). The van der Waals surface area contributed by atoms with Crippen LogP contribution in [0, 0.1) is 3.57 Å². The number of halogens is 2. The number of rotatable bonds is 1. The van der Waals surface area contributed by atoms with Crippen LogP contribution < -0.4 is 11.1 Å². The molecule has 1 aromatic rings. The second-order valence-electron chi connectivity index (χ2n) is 2.36. The lowest BCUT2D eigenvalue weighted by atomic mass is 10.3. The lowest BCUT2D eigenvalue weighted by Gasteiger charge is -2.07. The van der Waals surface area contributed by atoms with Crippen LogP contribution in [0.3, 0.4) is 0 Å². The van der Waals surface area contributed by atoms with E-state index in [9.17, 15) is 0 Å². The van der Waals surface area contributed by atoms with E-state index < -0.39 is 0 Å². The molecule has 0 aliphatic heterocycles. The molecule has 0 atom stereocenters. The quantitative estimate of drug-likeness (QED) is 0.463. The van der Waals surface area contributed by atoms with Gasteiger partial charge in [0.1, 0.15) is 0 Å². The molecule has 0 aliphatic carbocycles. The predicted octanol–water partition coefficient (Wildman–Crippen LogP) is 2.41. The third-order valence-corrected chi connectivity index (χ3v) is 2.79. The maximum atomic E-state index is 5.54. The van der Waals surface area contributed by atoms with E-state index in [4.69, 9.17) is 5.73 Å². The lowest BCUT2D eigenvalue weighted by Crippen LogP contribution is -2.22. The third-order valence-electron chi connectivity index (χ3n) is 1.43. The number of aliphatic imine (C=N–C) groups is 1. The number of anilines is 1. The Morgan fingerprint density at radius 3 is 2.92 bits per heavy atom. The number of hydrogen-bond acceptors (Lipinski definition) is 1. The van der Waals surface area contributed by atoms with Crippen LogP contribution in [0.5, 0.6) is 0 Å². The van der Waals surface area contributed by atoms with Crippen molar-refractivity contribution in [1.29, 1.82) is 0 Å². The largest absolute Gasteiger partial charge is 0.370 e. The Kier molecular flexibility index (Phi) is 3.98. The van der Waals surface area contributed by atoms with Gasteiger partial charge in [-0.2, -0.15) is 0 Å². The highest BCUT2D eigenvalue weighted by molar-refractivity contribution is 14.1. The standard InChI is InChI=1S/C8H9BrIN3/c1-12-8(11)13-7-4-5(10)2-3-6(7)9/h2-4H,1H3,(H3,11,12,13). The zero-order valence-electron chi connectivity index (χ0n) is 7.01. The van der Waals surface area contributed by atoms with Gasteiger partial charge in [-0.05, 0) is 56.7 Å². The molecule has 5 heteroatoms. The van der Waals surface area contributed by atoms with Crippen molar-refractivity contribution in [1.82, 2.24) is 0 Å². The van der Waals surface area contributed by atoms with Gasteiger partial charge < -0.3 is 11.1 Å². The van der Waals surface area contributed by atoms with Gasteiger partial charge in [-0.1, -0.05) is 0 Å². The van der Waals surface area contributed by atoms with Crippen LogP contribution in [0.4, 0.5) is 5.69 Å². The summed E-state index contributed by atoms with van der Waals surface area (Å²) in [7, 11) is 1.64. The molecule has 0 aromatic heterocycles. The SMILES string of the molecule is CN=C(N)Nc1cc(I)ccc1Br. The Balaban J connectivity index is 2.94. The van der Waals surface area contributed by atoms with Crippen LogP contribution in [0.2, 0.25) is 0 Å². The van der Waals surface area contributed by atoms with Crippen LogP contribution in [0.25, 0.3) is 0 Å². The second-order valence-corrected chi connectivity index (χ2v) is 4.46. The van der Waals surface area contributed by atoms with Crippen LogP contribution in [-0.4, -0.2) is 13.0 Å². The van der Waals surface area contributed by atoms with Crippen LogP contribution >= 0.6 is 38.5 Å². The van der Waals surface area contributed by atoms with E-state index in [1.807, 2.05) is 18.2 Å². The number of nitrogens with zero attached hydrogens (tertiary/aromatic N) is 1. The van der Waals surface area contributed by atoms with Gasteiger partial charge in [0.2, 0.25) is 0 Å². The molecule has 0 heterocycles. The molecule has 3 N–H and O–H groups in total. The fraction of sp³-hybridized carbons (Fsp3) is 0.125. The highest BCUT2D eigenvalue weighted by Gasteiger charge is 2.00. The van der Waals surface area contributed by atoms with Crippen LogP contribution in [0.1, 0.15) is 0 Å². The van der Waals surface area contributed by atoms with Gasteiger partial charge in [0.15, 0.2) is 5.96 Å². The minimum Gasteiger partial charge on any atom is -0.370 e. The first-order chi connectivity index (χ1) is 6.13. The molecule has 1 aromatic carbocycles. The van der Waals surface area contributed by atoms with Gasteiger partial charge in [0, 0.05) is 15.1 Å². The summed E-state index contributed by atoms with van der Waals surface area (Å²) in [5, 5.41) is 2.98. The monoisotopic (exact) mass is 353 g/mol. The van der Waals surface area contributed by atoms with E-state index in [1.54, 1.807) is 7.05 Å². The zero-order valence-corrected chi connectivity index (χ0v) is 10.8. The normalized spacial score (nSPS) is 11.5. The first-order valence-corrected chi connectivity index (χ1v) is 5.45. The summed E-state index contributed by atoms with van der Waals surface area (Å²) in [6, 6.07) is 5.96. The van der Waals surface area contributed by atoms with Gasteiger partial charge >= 0.3 is 0 Å². The minimum atomic E-state index is 0.405. The molecular formula is C8H9BrIN3. The summed E-state index contributed by atoms with van der Waals surface area (Å²) in [5.74, 6) is 0.405. The van der Waals surface area contributed by atoms with E-state index in [0.717, 1.165) is 13.7 Å². The second kappa shape index (κ2) is 4.80. The van der Waals surface area contributed by atoms with Crippen molar-refractivity contribution in [3.8, 4) is 0 Å². The molecule has 0 spiro atoms. The average molecular weight is 354 g/mol. The van der Waals surface area contributed by atoms with Crippen molar-refractivity contribution in [2.75, 3.05) is 12.4 Å². The number of guanidine groups is 1. The highest BCUT2D eigenvalue weighted by Crippen LogP contribution is 2.23. The first-order valence-electron chi connectivity index (χ1n) is 3.58.